The van der Waals surface area contributed by atoms with Gasteiger partial charge in [-0.05, 0) is 30.9 Å². The van der Waals surface area contributed by atoms with Crippen molar-refractivity contribution in [2.24, 2.45) is 5.92 Å². The number of ketones is 1. The van der Waals surface area contributed by atoms with Gasteiger partial charge >= 0.3 is 0 Å². The summed E-state index contributed by atoms with van der Waals surface area (Å²) in [6.07, 6.45) is 4.81. The number of nitrogens with one attached hydrogen (secondary N) is 1. The molecule has 2 aromatic rings. The molecule has 1 aliphatic carbocycles. The Morgan fingerprint density at radius 1 is 1.20 bits per heavy atom. The Balaban J connectivity index is 1.87. The number of aryl methyl sites for hydroxylation is 1. The first-order valence-corrected chi connectivity index (χ1v) is 6.70. The van der Waals surface area contributed by atoms with Crippen molar-refractivity contribution in [2.75, 3.05) is 5.32 Å². The van der Waals surface area contributed by atoms with Crippen LogP contribution in [-0.2, 0) is 6.42 Å². The zero-order valence-corrected chi connectivity index (χ0v) is 11.6. The number of pyridine rings is 1. The monoisotopic (exact) mass is 268 g/mol. The Hall–Kier alpha value is -2.30. The molecule has 0 saturated heterocycles. The van der Waals surface area contributed by atoms with Crippen LogP contribution in [0.25, 0.3) is 0 Å². The average molecular weight is 268 g/mol. The summed E-state index contributed by atoms with van der Waals surface area (Å²) in [5.41, 5.74) is 2.59. The van der Waals surface area contributed by atoms with Gasteiger partial charge in [0.15, 0.2) is 5.78 Å². The van der Waals surface area contributed by atoms with Gasteiger partial charge in [-0.3, -0.25) is 4.79 Å². The molecule has 20 heavy (non-hydrogen) atoms. The van der Waals surface area contributed by atoms with Gasteiger partial charge in [-0.25, -0.2) is 15.0 Å². The lowest BCUT2D eigenvalue weighted by molar-refractivity contribution is 0.0951. The van der Waals surface area contributed by atoms with Crippen LogP contribution >= 0.6 is 0 Å². The van der Waals surface area contributed by atoms with Gasteiger partial charge in [0.05, 0.1) is 11.3 Å². The summed E-state index contributed by atoms with van der Waals surface area (Å²) < 4.78 is 0. The smallest absolute Gasteiger partial charge is 0.228 e. The van der Waals surface area contributed by atoms with Crippen molar-refractivity contribution in [3.05, 3.63) is 41.3 Å². The second-order valence-corrected chi connectivity index (χ2v) is 5.34. The van der Waals surface area contributed by atoms with Gasteiger partial charge in [0.1, 0.15) is 5.82 Å². The maximum atomic E-state index is 11.9. The molecule has 0 saturated carbocycles. The van der Waals surface area contributed by atoms with E-state index in [1.165, 1.54) is 0 Å². The second-order valence-electron chi connectivity index (χ2n) is 5.34. The Kier molecular flexibility index (Phi) is 3.18. The molecule has 0 aliphatic heterocycles. The van der Waals surface area contributed by atoms with E-state index in [0.29, 0.717) is 29.7 Å². The number of hydrogen-bond acceptors (Lipinski definition) is 5. The van der Waals surface area contributed by atoms with Crippen LogP contribution in [0.15, 0.2) is 24.5 Å². The third kappa shape index (κ3) is 2.52. The maximum Gasteiger partial charge on any atom is 0.228 e. The fourth-order valence-corrected chi connectivity index (χ4v) is 2.35. The van der Waals surface area contributed by atoms with Gasteiger partial charge < -0.3 is 5.32 Å². The summed E-state index contributed by atoms with van der Waals surface area (Å²) in [5.74, 6) is 1.67. The molecular weight excluding hydrogens is 252 g/mol. The molecule has 0 radical (unpaired) electrons. The average Bonchev–Trinajstić information content (AvgIpc) is 2.41. The number of Topliss-reactive ketones (excluding diaryl/α,β-unsaturated/α-hetero) is 1. The largest absolute Gasteiger partial charge is 0.309 e. The van der Waals surface area contributed by atoms with Crippen molar-refractivity contribution in [3.63, 3.8) is 0 Å². The van der Waals surface area contributed by atoms with E-state index in [4.69, 9.17) is 0 Å². The number of aromatic nitrogens is 3. The number of carbonyl (C=O) groups is 1. The number of carbonyl (C=O) groups excluding carboxylic acids is 1. The second kappa shape index (κ2) is 5.00. The van der Waals surface area contributed by atoms with Gasteiger partial charge in [-0.1, -0.05) is 13.0 Å². The first-order valence-electron chi connectivity index (χ1n) is 6.70. The summed E-state index contributed by atoms with van der Waals surface area (Å²) in [4.78, 5) is 24.8. The molecule has 102 valence electrons. The van der Waals surface area contributed by atoms with Crippen molar-refractivity contribution >= 4 is 17.5 Å². The predicted molar refractivity (Wildman–Crippen MR) is 76.1 cm³/mol. The van der Waals surface area contributed by atoms with E-state index in [-0.39, 0.29) is 5.78 Å². The van der Waals surface area contributed by atoms with Crippen molar-refractivity contribution in [2.45, 2.75) is 26.7 Å². The molecular formula is C15H16N4O. The van der Waals surface area contributed by atoms with E-state index < -0.39 is 0 Å². The normalized spacial score (nSPS) is 17.7. The highest BCUT2D eigenvalue weighted by Crippen LogP contribution is 2.24. The fourth-order valence-electron chi connectivity index (χ4n) is 2.35. The zero-order valence-electron chi connectivity index (χ0n) is 11.6. The van der Waals surface area contributed by atoms with Gasteiger partial charge in [0.2, 0.25) is 5.95 Å². The van der Waals surface area contributed by atoms with Gasteiger partial charge in [0.25, 0.3) is 0 Å². The van der Waals surface area contributed by atoms with Crippen LogP contribution < -0.4 is 5.32 Å². The highest BCUT2D eigenvalue weighted by atomic mass is 16.1. The summed E-state index contributed by atoms with van der Waals surface area (Å²) in [7, 11) is 0. The minimum Gasteiger partial charge on any atom is -0.309 e. The van der Waals surface area contributed by atoms with Crippen molar-refractivity contribution in [3.8, 4) is 0 Å². The minimum absolute atomic E-state index is 0.138. The maximum absolute atomic E-state index is 11.9. The van der Waals surface area contributed by atoms with E-state index in [1.807, 2.05) is 19.1 Å². The van der Waals surface area contributed by atoms with E-state index in [0.717, 1.165) is 17.7 Å². The number of fused-ring (bicyclic) bond motifs is 1. The van der Waals surface area contributed by atoms with E-state index in [9.17, 15) is 4.79 Å². The van der Waals surface area contributed by atoms with E-state index >= 15 is 0 Å². The molecule has 0 spiro atoms. The fraction of sp³-hybridized carbons (Fsp3) is 0.333. The van der Waals surface area contributed by atoms with Crippen LogP contribution in [0.3, 0.4) is 0 Å². The standard InChI is InChI=1S/C15H16N4O/c1-9-3-4-14(16-7-9)19-15-17-8-11-12(18-15)5-10(2)6-13(11)20/h3-4,7-8,10H,5-6H2,1-2H3,(H,16,17,18,19). The number of hydrogen-bond donors (Lipinski definition) is 1. The third-order valence-corrected chi connectivity index (χ3v) is 3.40. The van der Waals surface area contributed by atoms with Crippen molar-refractivity contribution in [1.29, 1.82) is 0 Å². The molecule has 3 rings (SSSR count). The molecule has 0 fully saturated rings. The molecule has 0 bridgehead atoms. The predicted octanol–water partition coefficient (Wildman–Crippen LogP) is 2.69. The lowest BCUT2D eigenvalue weighted by Gasteiger charge is -2.19. The van der Waals surface area contributed by atoms with Crippen molar-refractivity contribution in [1.82, 2.24) is 15.0 Å². The lowest BCUT2D eigenvalue weighted by atomic mass is 9.88. The first-order chi connectivity index (χ1) is 9.61. The molecule has 1 atom stereocenters. The first kappa shape index (κ1) is 12.7. The molecule has 5 heteroatoms. The molecule has 1 N–H and O–H groups in total. The summed E-state index contributed by atoms with van der Waals surface area (Å²) in [5, 5.41) is 3.07. The molecule has 1 aliphatic rings. The Morgan fingerprint density at radius 2 is 2.05 bits per heavy atom. The van der Waals surface area contributed by atoms with Crippen LogP contribution in [0.5, 0.6) is 0 Å². The summed E-state index contributed by atoms with van der Waals surface area (Å²) in [6.45, 7) is 4.05. The number of nitrogens with zero attached hydrogens (tertiary/aromatic N) is 3. The van der Waals surface area contributed by atoms with Gasteiger partial charge in [-0.15, -0.1) is 0 Å². The minimum atomic E-state index is 0.138. The zero-order chi connectivity index (χ0) is 14.1. The topological polar surface area (TPSA) is 67.8 Å². The lowest BCUT2D eigenvalue weighted by Crippen LogP contribution is -2.20. The SMILES string of the molecule is Cc1ccc(Nc2ncc3c(n2)CC(C)CC3=O)nc1. The highest BCUT2D eigenvalue weighted by Gasteiger charge is 2.24. The van der Waals surface area contributed by atoms with E-state index in [2.05, 4.69) is 27.2 Å². The van der Waals surface area contributed by atoms with Gasteiger partial charge in [0, 0.05) is 18.8 Å². The molecule has 5 nitrogen and oxygen atoms in total. The summed E-state index contributed by atoms with van der Waals surface area (Å²) in [6, 6.07) is 3.85. The Labute approximate surface area is 117 Å². The Morgan fingerprint density at radius 3 is 2.80 bits per heavy atom. The van der Waals surface area contributed by atoms with Crippen LogP contribution in [0, 0.1) is 12.8 Å². The molecule has 2 aromatic heterocycles. The van der Waals surface area contributed by atoms with Crippen LogP contribution in [0.4, 0.5) is 11.8 Å². The quantitative estimate of drug-likeness (QED) is 0.907. The van der Waals surface area contributed by atoms with Crippen LogP contribution in [-0.4, -0.2) is 20.7 Å². The van der Waals surface area contributed by atoms with Gasteiger partial charge in [-0.2, -0.15) is 0 Å². The molecule has 2 heterocycles. The Bertz CT molecular complexity index is 651. The number of rotatable bonds is 2. The molecule has 0 aromatic carbocycles. The summed E-state index contributed by atoms with van der Waals surface area (Å²) >= 11 is 0. The van der Waals surface area contributed by atoms with E-state index in [1.54, 1.807) is 12.4 Å². The third-order valence-electron chi connectivity index (χ3n) is 3.40. The molecule has 0 amide bonds. The highest BCUT2D eigenvalue weighted by molar-refractivity contribution is 5.98. The molecule has 1 unspecified atom stereocenters. The van der Waals surface area contributed by atoms with Crippen LogP contribution in [0.1, 0.15) is 35.0 Å². The van der Waals surface area contributed by atoms with Crippen molar-refractivity contribution < 1.29 is 4.79 Å². The number of anilines is 2. The van der Waals surface area contributed by atoms with Crippen LogP contribution in [0.2, 0.25) is 0 Å².